The van der Waals surface area contributed by atoms with Crippen LogP contribution in [0.15, 0.2) is 0 Å². The van der Waals surface area contributed by atoms with Crippen molar-refractivity contribution in [3.63, 3.8) is 0 Å². The predicted molar refractivity (Wildman–Crippen MR) is 100 cm³/mol. The lowest BCUT2D eigenvalue weighted by molar-refractivity contribution is -0.149. The van der Waals surface area contributed by atoms with Crippen LogP contribution in [0.3, 0.4) is 0 Å². The van der Waals surface area contributed by atoms with Crippen molar-refractivity contribution in [1.82, 2.24) is 0 Å². The van der Waals surface area contributed by atoms with Gasteiger partial charge in [-0.25, -0.2) is 0 Å². The van der Waals surface area contributed by atoms with E-state index in [1.807, 2.05) is 13.8 Å². The largest absolute Gasteiger partial charge is 0.481 e. The van der Waals surface area contributed by atoms with Gasteiger partial charge in [-0.15, -0.1) is 0 Å². The van der Waals surface area contributed by atoms with E-state index in [1.165, 1.54) is 12.8 Å². The van der Waals surface area contributed by atoms with Crippen LogP contribution in [0.5, 0.6) is 0 Å². The Balaban J connectivity index is 0. The first-order valence-electron chi connectivity index (χ1n) is 9.39. The van der Waals surface area contributed by atoms with Crippen molar-refractivity contribution >= 4 is 11.9 Å². The van der Waals surface area contributed by atoms with Gasteiger partial charge in [-0.05, 0) is 52.4 Å². The molecule has 4 nitrogen and oxygen atoms in total. The van der Waals surface area contributed by atoms with E-state index in [0.717, 1.165) is 38.5 Å². The van der Waals surface area contributed by atoms with Crippen molar-refractivity contribution in [1.29, 1.82) is 0 Å². The Morgan fingerprint density at radius 1 is 0.875 bits per heavy atom. The molecule has 0 spiro atoms. The van der Waals surface area contributed by atoms with Gasteiger partial charge < -0.3 is 10.2 Å². The third-order valence-electron chi connectivity index (χ3n) is 4.80. The molecule has 4 heteroatoms. The van der Waals surface area contributed by atoms with Gasteiger partial charge in [-0.1, -0.05) is 53.4 Å². The summed E-state index contributed by atoms with van der Waals surface area (Å²) < 4.78 is 0. The molecule has 0 aliphatic rings. The summed E-state index contributed by atoms with van der Waals surface area (Å²) in [4.78, 5) is 21.5. The summed E-state index contributed by atoms with van der Waals surface area (Å²) in [6.07, 6.45) is 7.91. The molecule has 0 heterocycles. The average molecular weight is 345 g/mol. The zero-order chi connectivity index (χ0) is 19.4. The van der Waals surface area contributed by atoms with Crippen molar-refractivity contribution in [3.8, 4) is 0 Å². The summed E-state index contributed by atoms with van der Waals surface area (Å²) in [5.41, 5.74) is -1.04. The Kier molecular flexibility index (Phi) is 12.9. The fourth-order valence-corrected chi connectivity index (χ4v) is 2.14. The third-order valence-corrected chi connectivity index (χ3v) is 4.80. The lowest BCUT2D eigenvalue weighted by atomic mass is 9.81. The summed E-state index contributed by atoms with van der Waals surface area (Å²) in [5.74, 6) is -0.750. The second kappa shape index (κ2) is 12.3. The summed E-state index contributed by atoms with van der Waals surface area (Å²) in [6.45, 7) is 13.8. The zero-order valence-electron chi connectivity index (χ0n) is 16.9. The standard InChI is InChI=1S/2C10H20O2/c1-5-10(4,9(11)12)7-6-8(2)3;1-4-5-6-7-8-10(2,3)9(11)12/h8H,5-7H2,1-4H3,(H,11,12);4-8H2,1-3H3,(H,11,12). The van der Waals surface area contributed by atoms with E-state index in [1.54, 1.807) is 13.8 Å². The number of unbranched alkanes of at least 4 members (excludes halogenated alkanes) is 3. The van der Waals surface area contributed by atoms with Crippen LogP contribution in [0.2, 0.25) is 0 Å². The lowest BCUT2D eigenvalue weighted by Gasteiger charge is -2.23. The van der Waals surface area contributed by atoms with Crippen LogP contribution >= 0.6 is 0 Å². The molecule has 0 fully saturated rings. The van der Waals surface area contributed by atoms with Crippen molar-refractivity contribution < 1.29 is 19.8 Å². The molecule has 0 aliphatic carbocycles. The highest BCUT2D eigenvalue weighted by atomic mass is 16.4. The molecule has 2 N–H and O–H groups in total. The highest BCUT2D eigenvalue weighted by molar-refractivity contribution is 5.74. The zero-order valence-corrected chi connectivity index (χ0v) is 16.9. The number of hydrogen-bond acceptors (Lipinski definition) is 2. The smallest absolute Gasteiger partial charge is 0.309 e. The van der Waals surface area contributed by atoms with Crippen LogP contribution in [0.1, 0.15) is 99.8 Å². The monoisotopic (exact) mass is 344 g/mol. The number of carboxylic acids is 2. The number of hydrogen-bond donors (Lipinski definition) is 2. The highest BCUT2D eigenvalue weighted by Crippen LogP contribution is 2.29. The van der Waals surface area contributed by atoms with Gasteiger partial charge in [0.2, 0.25) is 0 Å². The topological polar surface area (TPSA) is 74.6 Å². The maximum absolute atomic E-state index is 10.9. The fourth-order valence-electron chi connectivity index (χ4n) is 2.14. The number of rotatable bonds is 11. The fraction of sp³-hybridized carbons (Fsp3) is 0.900. The minimum absolute atomic E-state index is 0.510. The first-order chi connectivity index (χ1) is 10.9. The molecule has 144 valence electrons. The van der Waals surface area contributed by atoms with Crippen LogP contribution in [0.25, 0.3) is 0 Å². The Morgan fingerprint density at radius 2 is 1.42 bits per heavy atom. The highest BCUT2D eigenvalue weighted by Gasteiger charge is 2.30. The number of carbonyl (C=O) groups is 2. The minimum Gasteiger partial charge on any atom is -0.481 e. The molecule has 0 amide bonds. The molecule has 1 unspecified atom stereocenters. The van der Waals surface area contributed by atoms with Crippen LogP contribution in [0.4, 0.5) is 0 Å². The van der Waals surface area contributed by atoms with Crippen LogP contribution < -0.4 is 0 Å². The summed E-state index contributed by atoms with van der Waals surface area (Å²) in [6, 6.07) is 0. The molecule has 0 saturated carbocycles. The molecule has 0 aliphatic heterocycles. The molecule has 0 saturated heterocycles. The quantitative estimate of drug-likeness (QED) is 0.451. The number of carboxylic acid groups (broad SMARTS) is 2. The Hall–Kier alpha value is -1.06. The van der Waals surface area contributed by atoms with Crippen LogP contribution in [-0.4, -0.2) is 22.2 Å². The first kappa shape index (κ1) is 25.2. The van der Waals surface area contributed by atoms with Crippen molar-refractivity contribution in [2.45, 2.75) is 99.8 Å². The number of aliphatic carboxylic acids is 2. The van der Waals surface area contributed by atoms with Crippen molar-refractivity contribution in [2.24, 2.45) is 16.7 Å². The third kappa shape index (κ3) is 11.5. The maximum atomic E-state index is 10.9. The van der Waals surface area contributed by atoms with Crippen molar-refractivity contribution in [3.05, 3.63) is 0 Å². The van der Waals surface area contributed by atoms with Gasteiger partial charge in [0.25, 0.3) is 0 Å². The molecule has 0 bridgehead atoms. The van der Waals surface area contributed by atoms with Gasteiger partial charge >= 0.3 is 11.9 Å². The second-order valence-corrected chi connectivity index (χ2v) is 8.15. The summed E-state index contributed by atoms with van der Waals surface area (Å²) in [5, 5.41) is 17.7. The normalized spacial score (nSPS) is 13.8. The Morgan fingerprint density at radius 3 is 1.75 bits per heavy atom. The SMILES string of the molecule is CCC(C)(CCC(C)C)C(=O)O.CCCCCCC(C)(C)C(=O)O. The minimum atomic E-state index is -0.681. The average Bonchev–Trinajstić information content (AvgIpc) is 2.49. The van der Waals surface area contributed by atoms with Gasteiger partial charge in [-0.3, -0.25) is 9.59 Å². The molecule has 24 heavy (non-hydrogen) atoms. The Labute approximate surface area is 149 Å². The van der Waals surface area contributed by atoms with E-state index in [9.17, 15) is 9.59 Å². The first-order valence-corrected chi connectivity index (χ1v) is 9.39. The Bertz CT molecular complexity index is 361. The van der Waals surface area contributed by atoms with Gasteiger partial charge in [-0.2, -0.15) is 0 Å². The van der Waals surface area contributed by atoms with E-state index < -0.39 is 22.8 Å². The van der Waals surface area contributed by atoms with Gasteiger partial charge in [0.15, 0.2) is 0 Å². The van der Waals surface area contributed by atoms with E-state index >= 15 is 0 Å². The molecule has 0 aromatic rings. The van der Waals surface area contributed by atoms with E-state index in [2.05, 4.69) is 20.8 Å². The van der Waals surface area contributed by atoms with Gasteiger partial charge in [0, 0.05) is 0 Å². The molecule has 1 atom stereocenters. The van der Waals surface area contributed by atoms with Gasteiger partial charge in [0.05, 0.1) is 10.8 Å². The molecule has 0 aromatic heterocycles. The molecule has 0 rings (SSSR count). The van der Waals surface area contributed by atoms with Crippen LogP contribution in [0, 0.1) is 16.7 Å². The summed E-state index contributed by atoms with van der Waals surface area (Å²) >= 11 is 0. The van der Waals surface area contributed by atoms with E-state index in [0.29, 0.717) is 5.92 Å². The van der Waals surface area contributed by atoms with Crippen LogP contribution in [-0.2, 0) is 9.59 Å². The molecule has 0 aromatic carbocycles. The maximum Gasteiger partial charge on any atom is 0.309 e. The van der Waals surface area contributed by atoms with Gasteiger partial charge in [0.1, 0.15) is 0 Å². The van der Waals surface area contributed by atoms with E-state index in [-0.39, 0.29) is 0 Å². The van der Waals surface area contributed by atoms with E-state index in [4.69, 9.17) is 10.2 Å². The molecule has 0 radical (unpaired) electrons. The predicted octanol–water partition coefficient (Wildman–Crippen LogP) is 5.99. The molecular weight excluding hydrogens is 304 g/mol. The van der Waals surface area contributed by atoms with Crippen molar-refractivity contribution in [2.75, 3.05) is 0 Å². The summed E-state index contributed by atoms with van der Waals surface area (Å²) in [7, 11) is 0. The lowest BCUT2D eigenvalue weighted by Crippen LogP contribution is -2.26. The second-order valence-electron chi connectivity index (χ2n) is 8.15. The molecular formula is C20H40O4.